The zero-order valence-corrected chi connectivity index (χ0v) is 9.00. The number of para-hydroxylation sites is 1. The van der Waals surface area contributed by atoms with Crippen LogP contribution in [0.15, 0.2) is 48.7 Å². The van der Waals surface area contributed by atoms with Crippen LogP contribution in [-0.4, -0.2) is 10.1 Å². The molecule has 0 fully saturated rings. The Balaban J connectivity index is 2.28. The molecule has 3 heteroatoms. The molecule has 3 nitrogen and oxygen atoms in total. The summed E-state index contributed by atoms with van der Waals surface area (Å²) in [6.45, 7) is 1.69. The highest BCUT2D eigenvalue weighted by molar-refractivity contribution is 5.33. The van der Waals surface area contributed by atoms with Crippen LogP contribution in [0.4, 0.5) is 0 Å². The highest BCUT2D eigenvalue weighted by Gasteiger charge is 2.10. The van der Waals surface area contributed by atoms with E-state index in [4.69, 9.17) is 4.74 Å². The number of pyridine rings is 1. The number of rotatable bonds is 3. The van der Waals surface area contributed by atoms with Crippen molar-refractivity contribution in [3.05, 3.63) is 54.2 Å². The maximum Gasteiger partial charge on any atom is 0.225 e. The van der Waals surface area contributed by atoms with Gasteiger partial charge in [0.2, 0.25) is 5.88 Å². The summed E-state index contributed by atoms with van der Waals surface area (Å²) in [4.78, 5) is 4.11. The zero-order chi connectivity index (χ0) is 11.4. The van der Waals surface area contributed by atoms with Crippen LogP contribution in [0.3, 0.4) is 0 Å². The molecule has 0 spiro atoms. The van der Waals surface area contributed by atoms with Crippen LogP contribution in [0.25, 0.3) is 0 Å². The third kappa shape index (κ3) is 2.38. The predicted octanol–water partition coefficient (Wildman–Crippen LogP) is 2.93. The van der Waals surface area contributed by atoms with Gasteiger partial charge in [-0.25, -0.2) is 4.98 Å². The molecular weight excluding hydrogens is 202 g/mol. The van der Waals surface area contributed by atoms with Crippen molar-refractivity contribution in [1.29, 1.82) is 0 Å². The number of aliphatic hydroxyl groups excluding tert-OH is 1. The van der Waals surface area contributed by atoms with Gasteiger partial charge in [0.15, 0.2) is 0 Å². The van der Waals surface area contributed by atoms with E-state index in [2.05, 4.69) is 4.98 Å². The molecule has 2 rings (SSSR count). The summed E-state index contributed by atoms with van der Waals surface area (Å²) in [5.41, 5.74) is 0.686. The lowest BCUT2D eigenvalue weighted by Gasteiger charge is -2.11. The lowest BCUT2D eigenvalue weighted by molar-refractivity contribution is 0.194. The van der Waals surface area contributed by atoms with Crippen molar-refractivity contribution in [3.63, 3.8) is 0 Å². The molecule has 0 aliphatic heterocycles. The van der Waals surface area contributed by atoms with E-state index in [0.29, 0.717) is 17.2 Å². The Labute approximate surface area is 94.3 Å². The topological polar surface area (TPSA) is 42.4 Å². The van der Waals surface area contributed by atoms with E-state index in [9.17, 15) is 5.11 Å². The molecular formula is C13H13NO2. The minimum absolute atomic E-state index is 0.448. The lowest BCUT2D eigenvalue weighted by atomic mass is 10.2. The summed E-state index contributed by atoms with van der Waals surface area (Å²) in [6.07, 6.45) is 1.05. The van der Waals surface area contributed by atoms with Gasteiger partial charge < -0.3 is 9.84 Å². The zero-order valence-electron chi connectivity index (χ0n) is 9.00. The first-order chi connectivity index (χ1) is 7.77. The largest absolute Gasteiger partial charge is 0.439 e. The van der Waals surface area contributed by atoms with Crippen molar-refractivity contribution in [3.8, 4) is 11.6 Å². The molecule has 0 bridgehead atoms. The van der Waals surface area contributed by atoms with Gasteiger partial charge in [-0.1, -0.05) is 18.2 Å². The maximum atomic E-state index is 9.56. The molecule has 0 radical (unpaired) electrons. The van der Waals surface area contributed by atoms with Crippen molar-refractivity contribution >= 4 is 0 Å². The van der Waals surface area contributed by atoms with Crippen LogP contribution in [-0.2, 0) is 0 Å². The highest BCUT2D eigenvalue weighted by Crippen LogP contribution is 2.26. The van der Waals surface area contributed by atoms with E-state index in [1.807, 2.05) is 30.3 Å². The molecule has 2 aromatic rings. The first-order valence-electron chi connectivity index (χ1n) is 5.13. The molecule has 0 unspecified atom stereocenters. The normalized spacial score (nSPS) is 12.1. The first kappa shape index (κ1) is 10.6. The first-order valence-corrected chi connectivity index (χ1v) is 5.13. The van der Waals surface area contributed by atoms with E-state index >= 15 is 0 Å². The Morgan fingerprint density at radius 1 is 1.12 bits per heavy atom. The molecule has 0 saturated carbocycles. The summed E-state index contributed by atoms with van der Waals surface area (Å²) < 4.78 is 5.60. The average molecular weight is 215 g/mol. The molecule has 16 heavy (non-hydrogen) atoms. The number of aromatic nitrogens is 1. The Hall–Kier alpha value is -1.87. The third-order valence-corrected chi connectivity index (χ3v) is 2.21. The highest BCUT2D eigenvalue weighted by atomic mass is 16.5. The minimum Gasteiger partial charge on any atom is -0.439 e. The number of hydrogen-bond donors (Lipinski definition) is 1. The predicted molar refractivity (Wildman–Crippen MR) is 61.4 cm³/mol. The molecule has 0 amide bonds. The van der Waals surface area contributed by atoms with Gasteiger partial charge in [-0.05, 0) is 31.2 Å². The van der Waals surface area contributed by atoms with Crippen LogP contribution >= 0.6 is 0 Å². The second kappa shape index (κ2) is 4.77. The van der Waals surface area contributed by atoms with Crippen molar-refractivity contribution in [2.45, 2.75) is 13.0 Å². The van der Waals surface area contributed by atoms with E-state index < -0.39 is 6.10 Å². The Morgan fingerprint density at radius 3 is 2.56 bits per heavy atom. The summed E-state index contributed by atoms with van der Waals surface area (Å²) in [6, 6.07) is 13.0. The van der Waals surface area contributed by atoms with Crippen molar-refractivity contribution in [2.75, 3.05) is 0 Å². The molecule has 1 atom stereocenters. The maximum absolute atomic E-state index is 9.56. The van der Waals surface area contributed by atoms with Crippen molar-refractivity contribution < 1.29 is 9.84 Å². The lowest BCUT2D eigenvalue weighted by Crippen LogP contribution is -1.97. The molecule has 0 saturated heterocycles. The third-order valence-electron chi connectivity index (χ3n) is 2.21. The summed E-state index contributed by atoms with van der Waals surface area (Å²) in [5, 5.41) is 9.56. The molecule has 1 N–H and O–H groups in total. The second-order valence-corrected chi connectivity index (χ2v) is 3.49. The molecule has 1 aromatic heterocycles. The summed E-state index contributed by atoms with van der Waals surface area (Å²) in [5.74, 6) is 1.16. The van der Waals surface area contributed by atoms with Crippen molar-refractivity contribution in [1.82, 2.24) is 4.98 Å². The van der Waals surface area contributed by atoms with Crippen LogP contribution in [0.1, 0.15) is 18.6 Å². The van der Waals surface area contributed by atoms with E-state index in [1.54, 1.807) is 25.3 Å². The monoisotopic (exact) mass is 215 g/mol. The SMILES string of the molecule is C[C@@H](O)c1cccnc1Oc1ccccc1. The second-order valence-electron chi connectivity index (χ2n) is 3.49. The number of benzene rings is 1. The van der Waals surface area contributed by atoms with Gasteiger partial charge in [0.1, 0.15) is 5.75 Å². The standard InChI is InChI=1S/C13H13NO2/c1-10(15)12-8-5-9-14-13(12)16-11-6-3-2-4-7-11/h2-10,15H,1H3/t10-/m1/s1. The smallest absolute Gasteiger partial charge is 0.225 e. The minimum atomic E-state index is -0.590. The van der Waals surface area contributed by atoms with Gasteiger partial charge in [0.25, 0.3) is 0 Å². The fourth-order valence-electron chi connectivity index (χ4n) is 1.41. The van der Waals surface area contributed by atoms with Gasteiger partial charge >= 0.3 is 0 Å². The average Bonchev–Trinajstić information content (AvgIpc) is 2.31. The van der Waals surface area contributed by atoms with Crippen LogP contribution in [0, 0.1) is 0 Å². The van der Waals surface area contributed by atoms with Gasteiger partial charge in [-0.3, -0.25) is 0 Å². The van der Waals surface area contributed by atoms with Gasteiger partial charge in [-0.15, -0.1) is 0 Å². The number of aliphatic hydroxyl groups is 1. The Bertz CT molecular complexity index is 454. The molecule has 0 aliphatic rings. The molecule has 0 aliphatic carbocycles. The Kier molecular flexibility index (Phi) is 3.17. The molecule has 1 aromatic carbocycles. The number of nitrogens with zero attached hydrogens (tertiary/aromatic N) is 1. The van der Waals surface area contributed by atoms with E-state index in [0.717, 1.165) is 0 Å². The van der Waals surface area contributed by atoms with E-state index in [1.165, 1.54) is 0 Å². The number of hydrogen-bond acceptors (Lipinski definition) is 3. The number of ether oxygens (including phenoxy) is 1. The fraction of sp³-hybridized carbons (Fsp3) is 0.154. The van der Waals surface area contributed by atoms with Gasteiger partial charge in [0.05, 0.1) is 6.10 Å². The van der Waals surface area contributed by atoms with Crippen LogP contribution in [0.5, 0.6) is 11.6 Å². The quantitative estimate of drug-likeness (QED) is 0.855. The van der Waals surface area contributed by atoms with Gasteiger partial charge in [-0.2, -0.15) is 0 Å². The molecule has 1 heterocycles. The Morgan fingerprint density at radius 2 is 1.88 bits per heavy atom. The summed E-state index contributed by atoms with van der Waals surface area (Å²) >= 11 is 0. The van der Waals surface area contributed by atoms with E-state index in [-0.39, 0.29) is 0 Å². The van der Waals surface area contributed by atoms with Crippen LogP contribution in [0.2, 0.25) is 0 Å². The fourth-order valence-corrected chi connectivity index (χ4v) is 1.41. The van der Waals surface area contributed by atoms with Crippen molar-refractivity contribution in [2.24, 2.45) is 0 Å². The molecule has 82 valence electrons. The van der Waals surface area contributed by atoms with Gasteiger partial charge in [0, 0.05) is 11.8 Å². The summed E-state index contributed by atoms with van der Waals surface area (Å²) in [7, 11) is 0. The van der Waals surface area contributed by atoms with Crippen LogP contribution < -0.4 is 4.74 Å².